The summed E-state index contributed by atoms with van der Waals surface area (Å²) < 4.78 is 12.2. The average Bonchev–Trinajstić information content (AvgIpc) is 2.28. The van der Waals surface area contributed by atoms with Crippen LogP contribution in [0.5, 0.6) is 11.5 Å². The van der Waals surface area contributed by atoms with Crippen LogP contribution in [0.1, 0.15) is 12.8 Å². The summed E-state index contributed by atoms with van der Waals surface area (Å²) >= 11 is 6.71. The molecule has 0 amide bonds. The standard InChI is InChI=1S/C11H12Br2O4/c1-16-9-5-8(13)10(6-7(9)12)17-4-2-3-11(14)15/h5-6H,2-4H2,1H3,(H,14,15). The van der Waals surface area contributed by atoms with Gasteiger partial charge in [0.1, 0.15) is 11.5 Å². The van der Waals surface area contributed by atoms with Crippen molar-refractivity contribution in [3.8, 4) is 11.5 Å². The summed E-state index contributed by atoms with van der Waals surface area (Å²) in [6.45, 7) is 0.365. The van der Waals surface area contributed by atoms with Crippen LogP contribution in [0, 0.1) is 0 Å². The Morgan fingerprint density at radius 1 is 1.29 bits per heavy atom. The molecule has 0 heterocycles. The van der Waals surface area contributed by atoms with E-state index in [2.05, 4.69) is 31.9 Å². The van der Waals surface area contributed by atoms with Gasteiger partial charge in [0.2, 0.25) is 0 Å². The molecule has 0 unspecified atom stereocenters. The molecule has 6 heteroatoms. The van der Waals surface area contributed by atoms with E-state index in [1.165, 1.54) is 0 Å². The van der Waals surface area contributed by atoms with Crippen LogP contribution in [0.3, 0.4) is 0 Å². The van der Waals surface area contributed by atoms with Crippen LogP contribution in [0.15, 0.2) is 21.1 Å². The molecule has 0 aliphatic heterocycles. The minimum atomic E-state index is -0.816. The normalized spacial score (nSPS) is 10.1. The van der Waals surface area contributed by atoms with Gasteiger partial charge in [-0.2, -0.15) is 0 Å². The fourth-order valence-corrected chi connectivity index (χ4v) is 2.10. The van der Waals surface area contributed by atoms with E-state index in [-0.39, 0.29) is 6.42 Å². The Kier molecular flexibility index (Phi) is 5.77. The topological polar surface area (TPSA) is 55.8 Å². The third-order valence-electron chi connectivity index (χ3n) is 2.00. The van der Waals surface area contributed by atoms with Crippen LogP contribution in [0.25, 0.3) is 0 Å². The summed E-state index contributed by atoms with van der Waals surface area (Å²) in [5.41, 5.74) is 0. The Morgan fingerprint density at radius 2 is 1.88 bits per heavy atom. The molecule has 4 nitrogen and oxygen atoms in total. The lowest BCUT2D eigenvalue weighted by Crippen LogP contribution is -2.02. The number of aliphatic carboxylic acids is 1. The summed E-state index contributed by atoms with van der Waals surface area (Å²) in [6.07, 6.45) is 0.584. The van der Waals surface area contributed by atoms with E-state index in [0.717, 1.165) is 8.95 Å². The maximum Gasteiger partial charge on any atom is 0.303 e. The molecule has 0 aliphatic rings. The van der Waals surface area contributed by atoms with Gasteiger partial charge in [-0.05, 0) is 50.4 Å². The first-order valence-corrected chi connectivity index (χ1v) is 6.51. The second kappa shape index (κ2) is 6.86. The van der Waals surface area contributed by atoms with Crippen LogP contribution in [0.4, 0.5) is 0 Å². The van der Waals surface area contributed by atoms with Crippen LogP contribution in [-0.2, 0) is 4.79 Å². The van der Waals surface area contributed by atoms with Gasteiger partial charge in [-0.15, -0.1) is 0 Å². The number of carboxylic acids is 1. The predicted molar refractivity (Wildman–Crippen MR) is 70.8 cm³/mol. The van der Waals surface area contributed by atoms with Gasteiger partial charge in [0.15, 0.2) is 0 Å². The van der Waals surface area contributed by atoms with Crippen molar-refractivity contribution in [2.24, 2.45) is 0 Å². The van der Waals surface area contributed by atoms with Crippen molar-refractivity contribution in [1.29, 1.82) is 0 Å². The number of halogens is 2. The third-order valence-corrected chi connectivity index (χ3v) is 3.24. The summed E-state index contributed by atoms with van der Waals surface area (Å²) in [7, 11) is 1.58. The molecule has 0 bridgehead atoms. The minimum absolute atomic E-state index is 0.106. The highest BCUT2D eigenvalue weighted by molar-refractivity contribution is 9.11. The van der Waals surface area contributed by atoms with Gasteiger partial charge in [-0.1, -0.05) is 0 Å². The first-order chi connectivity index (χ1) is 8.04. The number of rotatable bonds is 6. The first kappa shape index (κ1) is 14.3. The largest absolute Gasteiger partial charge is 0.496 e. The van der Waals surface area contributed by atoms with Gasteiger partial charge in [0.25, 0.3) is 0 Å². The quantitative estimate of drug-likeness (QED) is 0.782. The van der Waals surface area contributed by atoms with Gasteiger partial charge in [0.05, 0.1) is 22.7 Å². The molecule has 1 N–H and O–H groups in total. The van der Waals surface area contributed by atoms with Gasteiger partial charge < -0.3 is 14.6 Å². The molecule has 0 atom stereocenters. The van der Waals surface area contributed by atoms with E-state index in [4.69, 9.17) is 14.6 Å². The molecule has 1 aromatic rings. The maximum atomic E-state index is 10.3. The van der Waals surface area contributed by atoms with E-state index in [1.807, 2.05) is 0 Å². The Labute approximate surface area is 116 Å². The second-order valence-electron chi connectivity index (χ2n) is 3.26. The van der Waals surface area contributed by atoms with Crippen molar-refractivity contribution in [2.45, 2.75) is 12.8 Å². The zero-order valence-corrected chi connectivity index (χ0v) is 12.4. The lowest BCUT2D eigenvalue weighted by Gasteiger charge is -2.10. The van der Waals surface area contributed by atoms with E-state index < -0.39 is 5.97 Å². The minimum Gasteiger partial charge on any atom is -0.496 e. The van der Waals surface area contributed by atoms with Crippen LogP contribution in [0.2, 0.25) is 0 Å². The highest BCUT2D eigenvalue weighted by atomic mass is 79.9. The monoisotopic (exact) mass is 366 g/mol. The van der Waals surface area contributed by atoms with Crippen molar-refractivity contribution in [1.82, 2.24) is 0 Å². The summed E-state index contributed by atoms with van der Waals surface area (Å²) in [6, 6.07) is 3.57. The van der Waals surface area contributed by atoms with Crippen molar-refractivity contribution in [2.75, 3.05) is 13.7 Å². The molecule has 0 fully saturated rings. The molecule has 0 spiro atoms. The molecule has 94 valence electrons. The molecule has 0 saturated carbocycles. The Bertz CT molecular complexity index is 407. The molecule has 1 rings (SSSR count). The zero-order chi connectivity index (χ0) is 12.8. The van der Waals surface area contributed by atoms with Crippen LogP contribution in [-0.4, -0.2) is 24.8 Å². The average molecular weight is 368 g/mol. The first-order valence-electron chi connectivity index (χ1n) is 4.92. The lowest BCUT2D eigenvalue weighted by molar-refractivity contribution is -0.137. The molecule has 0 saturated heterocycles. The van der Waals surface area contributed by atoms with Gasteiger partial charge in [0, 0.05) is 6.42 Å². The van der Waals surface area contributed by atoms with Crippen molar-refractivity contribution >= 4 is 37.8 Å². The lowest BCUT2D eigenvalue weighted by atomic mass is 10.3. The number of carbonyl (C=O) groups is 1. The Hall–Kier alpha value is -0.750. The molecule has 0 aliphatic carbocycles. The van der Waals surface area contributed by atoms with E-state index in [1.54, 1.807) is 19.2 Å². The molecular weight excluding hydrogens is 356 g/mol. The van der Waals surface area contributed by atoms with Gasteiger partial charge in [-0.3, -0.25) is 4.79 Å². The van der Waals surface area contributed by atoms with Crippen molar-refractivity contribution in [3.05, 3.63) is 21.1 Å². The number of hydrogen-bond donors (Lipinski definition) is 1. The number of carboxylic acid groups (broad SMARTS) is 1. The molecule has 0 radical (unpaired) electrons. The smallest absolute Gasteiger partial charge is 0.303 e. The zero-order valence-electron chi connectivity index (χ0n) is 9.20. The SMILES string of the molecule is COc1cc(Br)c(OCCCC(=O)O)cc1Br. The second-order valence-corrected chi connectivity index (χ2v) is 4.97. The van der Waals surface area contributed by atoms with Crippen molar-refractivity contribution in [3.63, 3.8) is 0 Å². The maximum absolute atomic E-state index is 10.3. The van der Waals surface area contributed by atoms with E-state index in [0.29, 0.717) is 24.5 Å². The van der Waals surface area contributed by atoms with Gasteiger partial charge in [-0.25, -0.2) is 0 Å². The number of benzene rings is 1. The number of hydrogen-bond acceptors (Lipinski definition) is 3. The predicted octanol–water partition coefficient (Wildman–Crippen LogP) is 3.46. The van der Waals surface area contributed by atoms with Crippen molar-refractivity contribution < 1.29 is 19.4 Å². The molecule has 1 aromatic carbocycles. The van der Waals surface area contributed by atoms with Crippen LogP contribution < -0.4 is 9.47 Å². The van der Waals surface area contributed by atoms with E-state index >= 15 is 0 Å². The Balaban J connectivity index is 2.59. The third kappa shape index (κ3) is 4.55. The molecule has 17 heavy (non-hydrogen) atoms. The van der Waals surface area contributed by atoms with Gasteiger partial charge >= 0.3 is 5.97 Å². The fraction of sp³-hybridized carbons (Fsp3) is 0.364. The number of methoxy groups -OCH3 is 1. The van der Waals surface area contributed by atoms with Crippen LogP contribution >= 0.6 is 31.9 Å². The summed E-state index contributed by atoms with van der Waals surface area (Å²) in [5.74, 6) is 0.543. The molecule has 0 aromatic heterocycles. The molecular formula is C11H12Br2O4. The number of ether oxygens (including phenoxy) is 2. The summed E-state index contributed by atoms with van der Waals surface area (Å²) in [4.78, 5) is 10.3. The highest BCUT2D eigenvalue weighted by Crippen LogP contribution is 2.35. The highest BCUT2D eigenvalue weighted by Gasteiger charge is 2.08. The Morgan fingerprint density at radius 3 is 2.47 bits per heavy atom. The fourth-order valence-electron chi connectivity index (χ4n) is 1.18. The van der Waals surface area contributed by atoms with E-state index in [9.17, 15) is 4.79 Å². The summed E-state index contributed by atoms with van der Waals surface area (Å²) in [5, 5.41) is 8.49.